The Morgan fingerprint density at radius 1 is 1.25 bits per heavy atom. The Bertz CT molecular complexity index is 630. The zero-order valence-corrected chi connectivity index (χ0v) is 14.1. The maximum atomic E-state index is 11.9. The quantitative estimate of drug-likeness (QED) is 0.774. The van der Waals surface area contributed by atoms with Crippen molar-refractivity contribution in [2.75, 3.05) is 31.6 Å². The van der Waals surface area contributed by atoms with Crippen molar-refractivity contribution in [2.24, 2.45) is 0 Å². The molecule has 0 aliphatic carbocycles. The fourth-order valence-corrected chi connectivity index (χ4v) is 2.40. The predicted octanol–water partition coefficient (Wildman–Crippen LogP) is 1.59. The van der Waals surface area contributed by atoms with Crippen LogP contribution in [0.3, 0.4) is 0 Å². The highest BCUT2D eigenvalue weighted by atomic mass is 16.6. The van der Waals surface area contributed by atoms with Gasteiger partial charge in [0.05, 0.1) is 6.61 Å². The molecule has 1 saturated heterocycles. The summed E-state index contributed by atoms with van der Waals surface area (Å²) in [5, 5.41) is 5.39. The van der Waals surface area contributed by atoms with Crippen molar-refractivity contribution in [1.29, 1.82) is 0 Å². The van der Waals surface area contributed by atoms with Gasteiger partial charge in [0.25, 0.3) is 0 Å². The van der Waals surface area contributed by atoms with Gasteiger partial charge in [-0.3, -0.25) is 9.59 Å². The van der Waals surface area contributed by atoms with Crippen molar-refractivity contribution in [3.8, 4) is 0 Å². The third-order valence-corrected chi connectivity index (χ3v) is 3.75. The molecule has 0 radical (unpaired) electrons. The van der Waals surface area contributed by atoms with Crippen LogP contribution in [0.2, 0.25) is 0 Å². The number of cyclic esters (lactones) is 1. The Balaban J connectivity index is 1.72. The number of rotatable bonds is 6. The first-order valence-electron chi connectivity index (χ1n) is 8.01. The maximum absolute atomic E-state index is 11.9. The summed E-state index contributed by atoms with van der Waals surface area (Å²) >= 11 is 0. The summed E-state index contributed by atoms with van der Waals surface area (Å²) in [5.41, 5.74) is 2.69. The summed E-state index contributed by atoms with van der Waals surface area (Å²) in [7, 11) is 0. The molecule has 24 heavy (non-hydrogen) atoms. The number of benzene rings is 1. The highest BCUT2D eigenvalue weighted by molar-refractivity contribution is 6.03. The van der Waals surface area contributed by atoms with E-state index in [-0.39, 0.29) is 24.3 Å². The number of nitrogens with one attached hydrogen (secondary N) is 2. The fraction of sp³-hybridized carbons (Fsp3) is 0.471. The Morgan fingerprint density at radius 2 is 2.04 bits per heavy atom. The van der Waals surface area contributed by atoms with Gasteiger partial charge < -0.3 is 20.3 Å². The van der Waals surface area contributed by atoms with Gasteiger partial charge in [-0.25, -0.2) is 4.79 Å². The van der Waals surface area contributed by atoms with Crippen LogP contribution in [0.5, 0.6) is 0 Å². The molecule has 0 unspecified atom stereocenters. The largest absolute Gasteiger partial charge is 0.449 e. The van der Waals surface area contributed by atoms with Crippen molar-refractivity contribution in [1.82, 2.24) is 10.2 Å². The first kappa shape index (κ1) is 17.8. The molecule has 1 fully saturated rings. The van der Waals surface area contributed by atoms with Crippen LogP contribution in [0.4, 0.5) is 10.5 Å². The molecule has 2 rings (SSSR count). The van der Waals surface area contributed by atoms with Crippen LogP contribution in [0.25, 0.3) is 0 Å². The third kappa shape index (κ3) is 5.26. The van der Waals surface area contributed by atoms with Crippen LogP contribution in [0, 0.1) is 13.8 Å². The van der Waals surface area contributed by atoms with E-state index in [2.05, 4.69) is 10.6 Å². The second-order valence-electron chi connectivity index (χ2n) is 5.85. The summed E-state index contributed by atoms with van der Waals surface area (Å²) in [6.45, 7) is 5.58. The summed E-state index contributed by atoms with van der Waals surface area (Å²) in [6, 6.07) is 5.75. The van der Waals surface area contributed by atoms with E-state index in [0.29, 0.717) is 31.9 Å². The number of anilines is 1. The molecule has 3 amide bonds. The van der Waals surface area contributed by atoms with Gasteiger partial charge in [-0.05, 0) is 37.5 Å². The number of carbonyl (C=O) groups is 3. The van der Waals surface area contributed by atoms with Crippen LogP contribution < -0.4 is 10.6 Å². The zero-order valence-electron chi connectivity index (χ0n) is 14.1. The molecule has 1 aromatic rings. The van der Waals surface area contributed by atoms with Gasteiger partial charge in [0, 0.05) is 25.3 Å². The second-order valence-corrected chi connectivity index (χ2v) is 5.85. The van der Waals surface area contributed by atoms with Crippen LogP contribution in [0.15, 0.2) is 18.2 Å². The number of hydrogen-bond donors (Lipinski definition) is 2. The molecule has 0 spiro atoms. The molecule has 0 bridgehead atoms. The Morgan fingerprint density at radius 3 is 2.79 bits per heavy atom. The molecule has 2 N–H and O–H groups in total. The van der Waals surface area contributed by atoms with Gasteiger partial charge in [0.2, 0.25) is 11.8 Å². The minimum absolute atomic E-state index is 0.252. The highest BCUT2D eigenvalue weighted by Gasteiger charge is 2.19. The van der Waals surface area contributed by atoms with E-state index in [1.807, 2.05) is 32.0 Å². The average Bonchev–Trinajstić information content (AvgIpc) is 2.52. The fourth-order valence-electron chi connectivity index (χ4n) is 2.40. The van der Waals surface area contributed by atoms with Gasteiger partial charge in [-0.15, -0.1) is 0 Å². The van der Waals surface area contributed by atoms with E-state index in [4.69, 9.17) is 4.74 Å². The first-order chi connectivity index (χ1) is 11.5. The third-order valence-electron chi connectivity index (χ3n) is 3.75. The van der Waals surface area contributed by atoms with Gasteiger partial charge in [0.15, 0.2) is 0 Å². The molecule has 1 heterocycles. The highest BCUT2D eigenvalue weighted by Crippen LogP contribution is 2.16. The Labute approximate surface area is 141 Å². The van der Waals surface area contributed by atoms with Gasteiger partial charge >= 0.3 is 6.09 Å². The topological polar surface area (TPSA) is 87.7 Å². The molecular formula is C17H23N3O4. The van der Waals surface area contributed by atoms with Crippen LogP contribution in [-0.4, -0.2) is 49.0 Å². The van der Waals surface area contributed by atoms with Gasteiger partial charge in [-0.1, -0.05) is 12.1 Å². The number of carbonyl (C=O) groups excluding carboxylic acids is 3. The molecule has 0 saturated carbocycles. The van der Waals surface area contributed by atoms with Crippen molar-refractivity contribution in [2.45, 2.75) is 26.7 Å². The minimum Gasteiger partial charge on any atom is -0.449 e. The van der Waals surface area contributed by atoms with Crippen LogP contribution >= 0.6 is 0 Å². The molecule has 1 aromatic carbocycles. The summed E-state index contributed by atoms with van der Waals surface area (Å²) < 4.78 is 4.91. The smallest absolute Gasteiger partial charge is 0.409 e. The lowest BCUT2D eigenvalue weighted by atomic mass is 10.1. The lowest BCUT2D eigenvalue weighted by molar-refractivity contribution is -0.126. The van der Waals surface area contributed by atoms with E-state index in [0.717, 1.165) is 17.5 Å². The molecule has 0 aromatic heterocycles. The number of ether oxygens (including phenoxy) is 1. The average molecular weight is 333 g/mol. The zero-order chi connectivity index (χ0) is 17.5. The Kier molecular flexibility index (Phi) is 6.17. The number of nitrogens with zero attached hydrogens (tertiary/aromatic N) is 1. The van der Waals surface area contributed by atoms with E-state index >= 15 is 0 Å². The minimum atomic E-state index is -0.372. The molecular weight excluding hydrogens is 310 g/mol. The molecule has 130 valence electrons. The molecule has 7 nitrogen and oxygen atoms in total. The first-order valence-corrected chi connectivity index (χ1v) is 8.01. The normalized spacial score (nSPS) is 14.1. The lowest BCUT2D eigenvalue weighted by Crippen LogP contribution is -2.42. The molecule has 1 aliphatic rings. The van der Waals surface area contributed by atoms with E-state index in [9.17, 15) is 14.4 Å². The van der Waals surface area contributed by atoms with Crippen LogP contribution in [0.1, 0.15) is 24.0 Å². The van der Waals surface area contributed by atoms with E-state index in [1.54, 1.807) is 4.90 Å². The SMILES string of the molecule is Cc1ccc(C)c(NC(=O)CC(=O)NCCN2CCCOC2=O)c1. The predicted molar refractivity (Wildman–Crippen MR) is 89.7 cm³/mol. The molecule has 7 heteroatoms. The van der Waals surface area contributed by atoms with E-state index in [1.165, 1.54) is 0 Å². The summed E-state index contributed by atoms with van der Waals surface area (Å²) in [5.74, 6) is -0.734. The van der Waals surface area contributed by atoms with Crippen molar-refractivity contribution >= 4 is 23.6 Å². The monoisotopic (exact) mass is 333 g/mol. The van der Waals surface area contributed by atoms with Crippen LogP contribution in [-0.2, 0) is 14.3 Å². The Hall–Kier alpha value is -2.57. The molecule has 0 atom stereocenters. The number of amides is 3. The summed E-state index contributed by atoms with van der Waals surface area (Å²) in [6.07, 6.45) is 0.179. The number of aryl methyl sites for hydroxylation is 2. The van der Waals surface area contributed by atoms with Crippen molar-refractivity contribution < 1.29 is 19.1 Å². The van der Waals surface area contributed by atoms with Gasteiger partial charge in [0.1, 0.15) is 6.42 Å². The molecule has 1 aliphatic heterocycles. The second kappa shape index (κ2) is 8.33. The van der Waals surface area contributed by atoms with E-state index < -0.39 is 0 Å². The maximum Gasteiger partial charge on any atom is 0.409 e. The summed E-state index contributed by atoms with van der Waals surface area (Å²) in [4.78, 5) is 36.7. The standard InChI is InChI=1S/C17H23N3O4/c1-12-4-5-13(2)14(10-12)19-16(22)11-15(21)18-6-8-20-7-3-9-24-17(20)23/h4-5,10H,3,6-9,11H2,1-2H3,(H,18,21)(H,19,22). The van der Waals surface area contributed by atoms with Gasteiger partial charge in [-0.2, -0.15) is 0 Å². The lowest BCUT2D eigenvalue weighted by Gasteiger charge is -2.26. The number of hydrogen-bond acceptors (Lipinski definition) is 4. The van der Waals surface area contributed by atoms with Crippen molar-refractivity contribution in [3.63, 3.8) is 0 Å². The van der Waals surface area contributed by atoms with Crippen molar-refractivity contribution in [3.05, 3.63) is 29.3 Å².